The second-order valence-corrected chi connectivity index (χ2v) is 8.57. The van der Waals surface area contributed by atoms with E-state index in [1.807, 2.05) is 42.6 Å². The van der Waals surface area contributed by atoms with Crippen LogP contribution in [-0.4, -0.2) is 41.2 Å². The molecule has 0 spiro atoms. The van der Waals surface area contributed by atoms with Gasteiger partial charge in [-0.05, 0) is 54.7 Å². The Labute approximate surface area is 194 Å². The molecule has 2 aromatic rings. The van der Waals surface area contributed by atoms with Crippen LogP contribution in [0.1, 0.15) is 59.2 Å². The van der Waals surface area contributed by atoms with Gasteiger partial charge < -0.3 is 10.8 Å². The molecular weight excluding hydrogens is 426 g/mol. The minimum absolute atomic E-state index is 0. The Bertz CT molecular complexity index is 986. The highest BCUT2D eigenvalue weighted by Crippen LogP contribution is 2.41. The number of halogens is 1. The number of carbonyl (C=O) groups is 2. The summed E-state index contributed by atoms with van der Waals surface area (Å²) in [6, 6.07) is 14.9. The average molecular weight is 456 g/mol. The Kier molecular flexibility index (Phi) is 7.69. The van der Waals surface area contributed by atoms with Crippen LogP contribution >= 0.6 is 12.4 Å². The molecule has 1 aliphatic carbocycles. The van der Waals surface area contributed by atoms with Crippen LogP contribution in [0.2, 0.25) is 0 Å². The lowest BCUT2D eigenvalue weighted by atomic mass is 9.65. The highest BCUT2D eigenvalue weighted by atomic mass is 35.5. The highest BCUT2D eigenvalue weighted by molar-refractivity contribution is 6.05. The van der Waals surface area contributed by atoms with E-state index in [4.69, 9.17) is 5.73 Å². The molecule has 0 radical (unpaired) electrons. The molecule has 1 heterocycles. The number of ketones is 1. The number of hydrogen-bond acceptors (Lipinski definition) is 5. The molecule has 170 valence electrons. The van der Waals surface area contributed by atoms with Crippen molar-refractivity contribution in [1.29, 1.82) is 0 Å². The standard InChI is InChI=1S/C25H29N3O3.ClH/c26-25(21(16-23(29)30)13-12-19-6-2-3-7-22(19)25)24(31)20-10-8-18(9-11-20)17-27-28-14-4-1-5-15-28;/h2-3,6-11,17,21H,1,4-5,12-16,26H2,(H,29,30);1H. The first-order valence-corrected chi connectivity index (χ1v) is 11.0. The van der Waals surface area contributed by atoms with Gasteiger partial charge in [0.05, 0.1) is 12.6 Å². The number of Topliss-reactive ketones (excluding diaryl/α,β-unsaturated/α-hetero) is 1. The van der Waals surface area contributed by atoms with Gasteiger partial charge in [0.25, 0.3) is 0 Å². The van der Waals surface area contributed by atoms with E-state index in [0.717, 1.165) is 36.2 Å². The Balaban J connectivity index is 0.00000289. The first kappa shape index (κ1) is 24.0. The number of fused-ring (bicyclic) bond motifs is 1. The summed E-state index contributed by atoms with van der Waals surface area (Å²) in [5.74, 6) is -1.62. The van der Waals surface area contributed by atoms with Gasteiger partial charge in [-0.3, -0.25) is 14.6 Å². The van der Waals surface area contributed by atoms with Gasteiger partial charge in [-0.2, -0.15) is 5.10 Å². The van der Waals surface area contributed by atoms with Gasteiger partial charge in [-0.1, -0.05) is 48.5 Å². The molecular formula is C25H30ClN3O3. The second-order valence-electron chi connectivity index (χ2n) is 8.57. The number of carboxylic acid groups (broad SMARTS) is 1. The maximum Gasteiger partial charge on any atom is 0.303 e. The molecule has 2 aromatic carbocycles. The molecule has 0 aromatic heterocycles. The third kappa shape index (κ3) is 4.87. The molecule has 0 saturated carbocycles. The van der Waals surface area contributed by atoms with Crippen molar-refractivity contribution in [3.8, 4) is 0 Å². The normalized spacial score (nSPS) is 22.8. The third-order valence-corrected chi connectivity index (χ3v) is 6.54. The number of benzene rings is 2. The number of hydrazone groups is 1. The molecule has 32 heavy (non-hydrogen) atoms. The number of carbonyl (C=O) groups excluding carboxylic acids is 1. The van der Waals surface area contributed by atoms with Crippen LogP contribution in [0.25, 0.3) is 0 Å². The van der Waals surface area contributed by atoms with E-state index in [1.54, 1.807) is 12.1 Å². The van der Waals surface area contributed by atoms with Crippen molar-refractivity contribution < 1.29 is 14.7 Å². The fourth-order valence-electron chi connectivity index (χ4n) is 4.80. The van der Waals surface area contributed by atoms with Crippen LogP contribution in [0.5, 0.6) is 0 Å². The summed E-state index contributed by atoms with van der Waals surface area (Å²) in [5.41, 5.74) is 8.61. The number of aryl methyl sites for hydroxylation is 1. The summed E-state index contributed by atoms with van der Waals surface area (Å²) in [5, 5.41) is 16.0. The van der Waals surface area contributed by atoms with Gasteiger partial charge in [0.1, 0.15) is 5.54 Å². The fourth-order valence-corrected chi connectivity index (χ4v) is 4.80. The molecule has 2 unspecified atom stereocenters. The van der Waals surface area contributed by atoms with E-state index >= 15 is 0 Å². The fraction of sp³-hybridized carbons (Fsp3) is 0.400. The Morgan fingerprint density at radius 1 is 1.09 bits per heavy atom. The zero-order valence-corrected chi connectivity index (χ0v) is 18.9. The van der Waals surface area contributed by atoms with Gasteiger partial charge in [0.15, 0.2) is 5.78 Å². The Hall–Kier alpha value is -2.70. The maximum atomic E-state index is 13.6. The van der Waals surface area contributed by atoms with E-state index in [1.165, 1.54) is 19.3 Å². The summed E-state index contributed by atoms with van der Waals surface area (Å²) in [4.78, 5) is 25.1. The second kappa shape index (κ2) is 10.3. The van der Waals surface area contributed by atoms with Gasteiger partial charge >= 0.3 is 5.97 Å². The minimum atomic E-state index is -1.35. The lowest BCUT2D eigenvalue weighted by Gasteiger charge is -2.41. The van der Waals surface area contributed by atoms with Gasteiger partial charge in [0, 0.05) is 18.7 Å². The number of rotatable bonds is 6. The van der Waals surface area contributed by atoms with E-state index in [0.29, 0.717) is 12.0 Å². The van der Waals surface area contributed by atoms with Crippen molar-refractivity contribution in [3.63, 3.8) is 0 Å². The number of aliphatic carboxylic acids is 1. The van der Waals surface area contributed by atoms with E-state index in [-0.39, 0.29) is 24.6 Å². The van der Waals surface area contributed by atoms with Crippen molar-refractivity contribution in [2.24, 2.45) is 16.8 Å². The molecule has 2 atom stereocenters. The topological polar surface area (TPSA) is 96.0 Å². The van der Waals surface area contributed by atoms with Crippen molar-refractivity contribution in [3.05, 3.63) is 70.8 Å². The Morgan fingerprint density at radius 2 is 1.78 bits per heavy atom. The van der Waals surface area contributed by atoms with Gasteiger partial charge in [0.2, 0.25) is 0 Å². The highest BCUT2D eigenvalue weighted by Gasteiger charge is 2.47. The van der Waals surface area contributed by atoms with Crippen molar-refractivity contribution in [2.45, 2.75) is 44.1 Å². The monoisotopic (exact) mass is 455 g/mol. The summed E-state index contributed by atoms with van der Waals surface area (Å²) >= 11 is 0. The van der Waals surface area contributed by atoms with E-state index in [9.17, 15) is 14.7 Å². The number of hydrogen-bond donors (Lipinski definition) is 2. The van der Waals surface area contributed by atoms with Crippen LogP contribution in [-0.2, 0) is 16.8 Å². The zero-order valence-electron chi connectivity index (χ0n) is 18.1. The average Bonchev–Trinajstić information content (AvgIpc) is 2.80. The number of piperidine rings is 1. The molecule has 2 aliphatic rings. The van der Waals surface area contributed by atoms with Crippen LogP contribution in [0.15, 0.2) is 53.6 Å². The number of nitrogens with two attached hydrogens (primary N) is 1. The first-order chi connectivity index (χ1) is 15.0. The van der Waals surface area contributed by atoms with Crippen molar-refractivity contribution in [2.75, 3.05) is 13.1 Å². The van der Waals surface area contributed by atoms with Crippen molar-refractivity contribution >= 4 is 30.4 Å². The largest absolute Gasteiger partial charge is 0.481 e. The molecule has 7 heteroatoms. The maximum absolute atomic E-state index is 13.6. The number of nitrogens with zero attached hydrogens (tertiary/aromatic N) is 2. The molecule has 0 bridgehead atoms. The van der Waals surface area contributed by atoms with Crippen molar-refractivity contribution in [1.82, 2.24) is 5.01 Å². The molecule has 6 nitrogen and oxygen atoms in total. The Morgan fingerprint density at radius 3 is 2.47 bits per heavy atom. The SMILES string of the molecule is Cl.NC1(C(=O)c2ccc(C=NN3CCCCC3)cc2)c2ccccc2CCC1CC(=O)O. The zero-order chi connectivity index (χ0) is 21.8. The summed E-state index contributed by atoms with van der Waals surface area (Å²) in [6.45, 7) is 1.96. The van der Waals surface area contributed by atoms with Gasteiger partial charge in [-0.25, -0.2) is 0 Å². The quantitative estimate of drug-likeness (QED) is 0.507. The first-order valence-electron chi connectivity index (χ1n) is 11.0. The third-order valence-electron chi connectivity index (χ3n) is 6.54. The molecule has 3 N–H and O–H groups in total. The smallest absolute Gasteiger partial charge is 0.303 e. The van der Waals surface area contributed by atoms with E-state index < -0.39 is 17.4 Å². The minimum Gasteiger partial charge on any atom is -0.481 e. The van der Waals surface area contributed by atoms with Crippen LogP contribution in [0, 0.1) is 5.92 Å². The molecule has 4 rings (SSSR count). The predicted octanol–water partition coefficient (Wildman–Crippen LogP) is 4.00. The van der Waals surface area contributed by atoms with E-state index in [2.05, 4.69) is 10.1 Å². The molecule has 1 aliphatic heterocycles. The predicted molar refractivity (Wildman–Crippen MR) is 127 cm³/mol. The van der Waals surface area contributed by atoms with Crippen LogP contribution in [0.4, 0.5) is 0 Å². The summed E-state index contributed by atoms with van der Waals surface area (Å²) in [6.07, 6.45) is 6.59. The summed E-state index contributed by atoms with van der Waals surface area (Å²) in [7, 11) is 0. The molecule has 0 amide bonds. The lowest BCUT2D eigenvalue weighted by Crippen LogP contribution is -2.54. The molecule has 1 fully saturated rings. The van der Waals surface area contributed by atoms with Crippen LogP contribution < -0.4 is 5.73 Å². The van der Waals surface area contributed by atoms with Crippen LogP contribution in [0.3, 0.4) is 0 Å². The summed E-state index contributed by atoms with van der Waals surface area (Å²) < 4.78 is 0. The number of carboxylic acids is 1. The molecule has 1 saturated heterocycles. The van der Waals surface area contributed by atoms with Gasteiger partial charge in [-0.15, -0.1) is 12.4 Å². The lowest BCUT2D eigenvalue weighted by molar-refractivity contribution is -0.138.